The number of rotatable bonds is 3. The number of fused-ring (bicyclic) bond motifs is 1. The molecule has 0 radical (unpaired) electrons. The third-order valence-electron chi connectivity index (χ3n) is 4.69. The number of methoxy groups -OCH3 is 1. The third kappa shape index (κ3) is 2.91. The van der Waals surface area contributed by atoms with Crippen LogP contribution in [0.2, 0.25) is 0 Å². The molecule has 128 valence electrons. The Kier molecular flexibility index (Phi) is 3.80. The molecule has 2 atom stereocenters. The number of aryl methyl sites for hydroxylation is 1. The Labute approximate surface area is 146 Å². The fraction of sp³-hybridized carbons (Fsp3) is 0.263. The van der Waals surface area contributed by atoms with Crippen molar-refractivity contribution in [3.8, 4) is 5.75 Å². The maximum absolute atomic E-state index is 5.85. The Hall–Kier alpha value is -3.02. The van der Waals surface area contributed by atoms with E-state index in [4.69, 9.17) is 10.5 Å². The van der Waals surface area contributed by atoms with E-state index >= 15 is 0 Å². The van der Waals surface area contributed by atoms with Crippen molar-refractivity contribution in [3.05, 3.63) is 65.2 Å². The second-order valence-electron chi connectivity index (χ2n) is 6.37. The molecule has 0 saturated carbocycles. The van der Waals surface area contributed by atoms with Crippen LogP contribution in [0.25, 0.3) is 0 Å². The number of nitrogens with one attached hydrogen (secondary N) is 1. The lowest BCUT2D eigenvalue weighted by Crippen LogP contribution is -2.28. The first-order valence-electron chi connectivity index (χ1n) is 8.33. The third-order valence-corrected chi connectivity index (χ3v) is 4.69. The van der Waals surface area contributed by atoms with Gasteiger partial charge < -0.3 is 15.8 Å². The predicted octanol–water partition coefficient (Wildman–Crippen LogP) is 3.32. The van der Waals surface area contributed by atoms with Crippen molar-refractivity contribution < 1.29 is 4.74 Å². The van der Waals surface area contributed by atoms with Gasteiger partial charge in [0, 0.05) is 0 Å². The molecule has 0 amide bonds. The molecule has 0 spiro atoms. The maximum Gasteiger partial charge on any atom is 0.241 e. The van der Waals surface area contributed by atoms with Crippen LogP contribution in [0.4, 0.5) is 11.9 Å². The second-order valence-corrected chi connectivity index (χ2v) is 6.37. The van der Waals surface area contributed by atoms with Crippen LogP contribution in [0.15, 0.2) is 48.5 Å². The molecule has 1 aliphatic heterocycles. The average molecular weight is 335 g/mol. The molecule has 0 bridgehead atoms. The first-order chi connectivity index (χ1) is 12.1. The number of ether oxygens (including phenoxy) is 1. The van der Waals surface area contributed by atoms with Crippen molar-refractivity contribution >= 4 is 11.9 Å². The van der Waals surface area contributed by atoms with E-state index in [0.717, 1.165) is 12.2 Å². The van der Waals surface area contributed by atoms with Gasteiger partial charge in [0.15, 0.2) is 0 Å². The average Bonchev–Trinajstić information content (AvgIpc) is 3.02. The monoisotopic (exact) mass is 335 g/mol. The molecular formula is C19H21N5O. The summed E-state index contributed by atoms with van der Waals surface area (Å²) in [6.07, 6.45) is 0.866. The van der Waals surface area contributed by atoms with Gasteiger partial charge in [0.1, 0.15) is 5.75 Å². The zero-order chi connectivity index (χ0) is 17.4. The number of anilines is 2. The summed E-state index contributed by atoms with van der Waals surface area (Å²) >= 11 is 0. The van der Waals surface area contributed by atoms with Crippen LogP contribution in [0, 0.1) is 6.92 Å². The molecule has 0 saturated heterocycles. The van der Waals surface area contributed by atoms with Gasteiger partial charge in [-0.25, -0.2) is 4.68 Å². The summed E-state index contributed by atoms with van der Waals surface area (Å²) < 4.78 is 7.14. The summed E-state index contributed by atoms with van der Waals surface area (Å²) in [5.41, 5.74) is 9.48. The van der Waals surface area contributed by atoms with Crippen molar-refractivity contribution in [1.82, 2.24) is 14.8 Å². The molecular weight excluding hydrogens is 314 g/mol. The standard InChI is InChI=1S/C19H21N5O/c1-12-3-5-14(6-4-12)17-11-16(13-7-9-15(25-2)10-8-13)21-19-22-18(20)23-24(17)19/h3-10,16-17H,11H2,1-2H3,(H3,20,21,22,23)/t16-,17-/m0/s1. The van der Waals surface area contributed by atoms with Gasteiger partial charge in [0.25, 0.3) is 0 Å². The number of nitrogens with two attached hydrogens (primary N) is 1. The van der Waals surface area contributed by atoms with E-state index in [1.165, 1.54) is 16.7 Å². The Morgan fingerprint density at radius 3 is 2.44 bits per heavy atom. The van der Waals surface area contributed by atoms with E-state index in [1.807, 2.05) is 16.8 Å². The van der Waals surface area contributed by atoms with Crippen LogP contribution in [0.1, 0.15) is 35.2 Å². The first kappa shape index (κ1) is 15.5. The van der Waals surface area contributed by atoms with Crippen molar-refractivity contribution in [2.45, 2.75) is 25.4 Å². The maximum atomic E-state index is 5.85. The number of aromatic nitrogens is 3. The lowest BCUT2D eigenvalue weighted by molar-refractivity contribution is 0.413. The molecule has 1 aromatic heterocycles. The zero-order valence-corrected chi connectivity index (χ0v) is 14.3. The van der Waals surface area contributed by atoms with Gasteiger partial charge in [0.2, 0.25) is 11.9 Å². The summed E-state index contributed by atoms with van der Waals surface area (Å²) in [4.78, 5) is 4.35. The van der Waals surface area contributed by atoms with E-state index in [1.54, 1.807) is 7.11 Å². The van der Waals surface area contributed by atoms with Crippen molar-refractivity contribution in [3.63, 3.8) is 0 Å². The summed E-state index contributed by atoms with van der Waals surface area (Å²) in [6, 6.07) is 16.9. The minimum atomic E-state index is 0.0914. The molecule has 4 rings (SSSR count). The van der Waals surface area contributed by atoms with Gasteiger partial charge in [-0.05, 0) is 36.6 Å². The highest BCUT2D eigenvalue weighted by Gasteiger charge is 2.30. The smallest absolute Gasteiger partial charge is 0.241 e. The zero-order valence-electron chi connectivity index (χ0n) is 14.3. The first-order valence-corrected chi connectivity index (χ1v) is 8.33. The Morgan fingerprint density at radius 1 is 1.08 bits per heavy atom. The topological polar surface area (TPSA) is 78.0 Å². The predicted molar refractivity (Wildman–Crippen MR) is 97.7 cm³/mol. The molecule has 6 nitrogen and oxygen atoms in total. The SMILES string of the molecule is COc1ccc([C@@H]2C[C@@H](c3ccc(C)cc3)n3nc(N)nc3N2)cc1. The van der Waals surface area contributed by atoms with Gasteiger partial charge in [-0.15, -0.1) is 5.10 Å². The summed E-state index contributed by atoms with van der Waals surface area (Å²) in [5, 5.41) is 7.84. The summed E-state index contributed by atoms with van der Waals surface area (Å²) in [5.74, 6) is 1.84. The molecule has 6 heteroatoms. The molecule has 0 fully saturated rings. The van der Waals surface area contributed by atoms with Crippen LogP contribution in [-0.2, 0) is 0 Å². The largest absolute Gasteiger partial charge is 0.497 e. The Bertz CT molecular complexity index is 870. The van der Waals surface area contributed by atoms with Crippen LogP contribution < -0.4 is 15.8 Å². The summed E-state index contributed by atoms with van der Waals surface area (Å²) in [6.45, 7) is 2.09. The van der Waals surface area contributed by atoms with E-state index in [0.29, 0.717) is 5.95 Å². The van der Waals surface area contributed by atoms with Gasteiger partial charge >= 0.3 is 0 Å². The number of hydrogen-bond acceptors (Lipinski definition) is 5. The van der Waals surface area contributed by atoms with E-state index in [2.05, 4.69) is 58.7 Å². The fourth-order valence-corrected chi connectivity index (χ4v) is 3.31. The fourth-order valence-electron chi connectivity index (χ4n) is 3.31. The normalized spacial score (nSPS) is 19.1. The van der Waals surface area contributed by atoms with Crippen LogP contribution in [-0.4, -0.2) is 21.9 Å². The van der Waals surface area contributed by atoms with E-state index in [-0.39, 0.29) is 18.0 Å². The number of hydrogen-bond donors (Lipinski definition) is 2. The number of nitrogen functional groups attached to an aromatic ring is 1. The lowest BCUT2D eigenvalue weighted by atomic mass is 9.93. The lowest BCUT2D eigenvalue weighted by Gasteiger charge is -2.31. The Balaban J connectivity index is 1.71. The molecule has 0 aliphatic carbocycles. The quantitative estimate of drug-likeness (QED) is 0.768. The molecule has 1 aliphatic rings. The van der Waals surface area contributed by atoms with Crippen molar-refractivity contribution in [2.75, 3.05) is 18.2 Å². The van der Waals surface area contributed by atoms with Crippen LogP contribution in [0.5, 0.6) is 5.75 Å². The second kappa shape index (κ2) is 6.12. The Morgan fingerprint density at radius 2 is 1.76 bits per heavy atom. The van der Waals surface area contributed by atoms with E-state index < -0.39 is 0 Å². The molecule has 2 aromatic carbocycles. The van der Waals surface area contributed by atoms with Crippen LogP contribution >= 0.6 is 0 Å². The number of benzene rings is 2. The van der Waals surface area contributed by atoms with Crippen LogP contribution in [0.3, 0.4) is 0 Å². The van der Waals surface area contributed by atoms with Gasteiger partial charge in [0.05, 0.1) is 19.2 Å². The minimum absolute atomic E-state index is 0.0914. The molecule has 2 heterocycles. The highest BCUT2D eigenvalue weighted by molar-refractivity contribution is 5.42. The van der Waals surface area contributed by atoms with Gasteiger partial charge in [-0.3, -0.25) is 0 Å². The molecule has 3 aromatic rings. The highest BCUT2D eigenvalue weighted by atomic mass is 16.5. The molecule has 25 heavy (non-hydrogen) atoms. The summed E-state index contributed by atoms with van der Waals surface area (Å²) in [7, 11) is 1.67. The van der Waals surface area contributed by atoms with Gasteiger partial charge in [-0.1, -0.05) is 42.0 Å². The van der Waals surface area contributed by atoms with E-state index in [9.17, 15) is 0 Å². The van der Waals surface area contributed by atoms with Crippen molar-refractivity contribution in [1.29, 1.82) is 0 Å². The number of nitrogens with zero attached hydrogens (tertiary/aromatic N) is 3. The van der Waals surface area contributed by atoms with Crippen molar-refractivity contribution in [2.24, 2.45) is 0 Å². The van der Waals surface area contributed by atoms with Gasteiger partial charge in [-0.2, -0.15) is 4.98 Å². The highest BCUT2D eigenvalue weighted by Crippen LogP contribution is 2.38. The molecule has 0 unspecified atom stereocenters. The molecule has 3 N–H and O–H groups in total. The minimum Gasteiger partial charge on any atom is -0.497 e.